The van der Waals surface area contributed by atoms with Gasteiger partial charge in [-0.05, 0) is 30.5 Å². The molecule has 1 saturated heterocycles. The predicted octanol–water partition coefficient (Wildman–Crippen LogP) is 2.53. The highest BCUT2D eigenvalue weighted by Gasteiger charge is 2.23. The molecule has 1 aromatic heterocycles. The van der Waals surface area contributed by atoms with Crippen LogP contribution in [-0.4, -0.2) is 17.7 Å². The van der Waals surface area contributed by atoms with Crippen molar-refractivity contribution in [2.75, 3.05) is 6.61 Å². The standard InChI is InChI=1S/C12H15NO/c1-2-10(3-4-12-9-14-12)11-5-7-13-8-6-11/h2,5-8,10,12H,1,3-4,9H2. The van der Waals surface area contributed by atoms with Crippen LogP contribution in [0.5, 0.6) is 0 Å². The summed E-state index contributed by atoms with van der Waals surface area (Å²) >= 11 is 0. The molecular weight excluding hydrogens is 174 g/mol. The summed E-state index contributed by atoms with van der Waals surface area (Å²) in [7, 11) is 0. The second-order valence-corrected chi connectivity index (χ2v) is 3.66. The zero-order valence-electron chi connectivity index (χ0n) is 8.23. The Kier molecular flexibility index (Phi) is 2.94. The van der Waals surface area contributed by atoms with Gasteiger partial charge in [0.2, 0.25) is 0 Å². The Balaban J connectivity index is 1.94. The minimum atomic E-state index is 0.446. The molecule has 0 spiro atoms. The maximum Gasteiger partial charge on any atom is 0.0810 e. The molecular formula is C12H15NO. The highest BCUT2D eigenvalue weighted by Crippen LogP contribution is 2.26. The third kappa shape index (κ3) is 2.42. The summed E-state index contributed by atoms with van der Waals surface area (Å²) in [4.78, 5) is 4.01. The van der Waals surface area contributed by atoms with Crippen LogP contribution in [0.3, 0.4) is 0 Å². The van der Waals surface area contributed by atoms with Gasteiger partial charge in [-0.3, -0.25) is 4.98 Å². The van der Waals surface area contributed by atoms with Crippen molar-refractivity contribution >= 4 is 0 Å². The lowest BCUT2D eigenvalue weighted by Gasteiger charge is -2.11. The van der Waals surface area contributed by atoms with Gasteiger partial charge >= 0.3 is 0 Å². The van der Waals surface area contributed by atoms with E-state index in [1.807, 2.05) is 18.5 Å². The third-order valence-electron chi connectivity index (χ3n) is 2.62. The minimum Gasteiger partial charge on any atom is -0.373 e. The summed E-state index contributed by atoms with van der Waals surface area (Å²) in [5.41, 5.74) is 1.30. The summed E-state index contributed by atoms with van der Waals surface area (Å²) in [6, 6.07) is 4.11. The molecule has 2 unspecified atom stereocenters. The highest BCUT2D eigenvalue weighted by molar-refractivity contribution is 5.20. The fraction of sp³-hybridized carbons (Fsp3) is 0.417. The van der Waals surface area contributed by atoms with Crippen LogP contribution in [0.2, 0.25) is 0 Å². The van der Waals surface area contributed by atoms with Crippen LogP contribution in [0.4, 0.5) is 0 Å². The Morgan fingerprint density at radius 2 is 2.29 bits per heavy atom. The van der Waals surface area contributed by atoms with Gasteiger partial charge in [0.15, 0.2) is 0 Å². The molecule has 14 heavy (non-hydrogen) atoms. The van der Waals surface area contributed by atoms with Crippen LogP contribution in [0.1, 0.15) is 24.3 Å². The Morgan fingerprint density at radius 1 is 1.57 bits per heavy atom. The zero-order chi connectivity index (χ0) is 9.80. The molecule has 1 aromatic rings. The molecule has 1 fully saturated rings. The number of allylic oxidation sites excluding steroid dienone is 1. The average molecular weight is 189 g/mol. The van der Waals surface area contributed by atoms with Crippen LogP contribution < -0.4 is 0 Å². The summed E-state index contributed by atoms with van der Waals surface area (Å²) < 4.78 is 5.19. The molecule has 2 rings (SSSR count). The van der Waals surface area contributed by atoms with E-state index in [1.165, 1.54) is 5.56 Å². The molecule has 2 heteroatoms. The first-order chi connectivity index (χ1) is 6.90. The number of pyridine rings is 1. The highest BCUT2D eigenvalue weighted by atomic mass is 16.6. The van der Waals surface area contributed by atoms with Crippen molar-refractivity contribution in [3.8, 4) is 0 Å². The van der Waals surface area contributed by atoms with E-state index in [2.05, 4.69) is 23.7 Å². The number of rotatable bonds is 5. The topological polar surface area (TPSA) is 25.4 Å². The second kappa shape index (κ2) is 4.38. The molecule has 2 heterocycles. The molecule has 2 nitrogen and oxygen atoms in total. The quantitative estimate of drug-likeness (QED) is 0.525. The van der Waals surface area contributed by atoms with Gasteiger partial charge in [-0.1, -0.05) is 6.08 Å². The van der Waals surface area contributed by atoms with E-state index < -0.39 is 0 Å². The Hall–Kier alpha value is -1.15. The number of ether oxygens (including phenoxy) is 1. The van der Waals surface area contributed by atoms with Crippen LogP contribution in [0, 0.1) is 0 Å². The monoisotopic (exact) mass is 189 g/mol. The molecule has 2 atom stereocenters. The number of hydrogen-bond donors (Lipinski definition) is 0. The Labute approximate surface area is 84.6 Å². The minimum absolute atomic E-state index is 0.446. The maximum atomic E-state index is 5.19. The van der Waals surface area contributed by atoms with Gasteiger partial charge in [-0.2, -0.15) is 0 Å². The molecule has 0 aromatic carbocycles. The van der Waals surface area contributed by atoms with E-state index in [-0.39, 0.29) is 0 Å². The van der Waals surface area contributed by atoms with Gasteiger partial charge in [0, 0.05) is 18.3 Å². The average Bonchev–Trinajstić information content (AvgIpc) is 3.04. The van der Waals surface area contributed by atoms with Gasteiger partial charge in [-0.15, -0.1) is 6.58 Å². The van der Waals surface area contributed by atoms with Crippen molar-refractivity contribution in [1.29, 1.82) is 0 Å². The molecule has 74 valence electrons. The van der Waals surface area contributed by atoms with Crippen molar-refractivity contribution in [1.82, 2.24) is 4.98 Å². The number of aromatic nitrogens is 1. The summed E-state index contributed by atoms with van der Waals surface area (Å²) in [6.45, 7) is 4.82. The van der Waals surface area contributed by atoms with Crippen molar-refractivity contribution in [3.63, 3.8) is 0 Å². The van der Waals surface area contributed by atoms with Crippen LogP contribution in [-0.2, 0) is 4.74 Å². The van der Waals surface area contributed by atoms with Gasteiger partial charge in [0.25, 0.3) is 0 Å². The molecule has 1 aliphatic rings. The molecule has 0 radical (unpaired) electrons. The fourth-order valence-electron chi connectivity index (χ4n) is 1.63. The van der Waals surface area contributed by atoms with Crippen LogP contribution in [0.15, 0.2) is 37.2 Å². The Bertz CT molecular complexity index is 292. The van der Waals surface area contributed by atoms with Crippen molar-refractivity contribution in [3.05, 3.63) is 42.7 Å². The van der Waals surface area contributed by atoms with Crippen LogP contribution >= 0.6 is 0 Å². The normalized spacial score (nSPS) is 21.6. The van der Waals surface area contributed by atoms with Crippen LogP contribution in [0.25, 0.3) is 0 Å². The van der Waals surface area contributed by atoms with Gasteiger partial charge in [0.1, 0.15) is 0 Å². The first kappa shape index (κ1) is 9.41. The van der Waals surface area contributed by atoms with E-state index in [0.29, 0.717) is 12.0 Å². The molecule has 0 amide bonds. The number of epoxide rings is 1. The van der Waals surface area contributed by atoms with E-state index in [9.17, 15) is 0 Å². The summed E-state index contributed by atoms with van der Waals surface area (Å²) in [5, 5.41) is 0. The van der Waals surface area contributed by atoms with E-state index in [0.717, 1.165) is 19.4 Å². The second-order valence-electron chi connectivity index (χ2n) is 3.66. The lowest BCUT2D eigenvalue weighted by Crippen LogP contribution is -1.97. The lowest BCUT2D eigenvalue weighted by atomic mass is 9.95. The Morgan fingerprint density at radius 3 is 2.86 bits per heavy atom. The van der Waals surface area contributed by atoms with Gasteiger partial charge < -0.3 is 4.74 Å². The summed E-state index contributed by atoms with van der Waals surface area (Å²) in [6.07, 6.45) is 8.45. The first-order valence-corrected chi connectivity index (χ1v) is 5.04. The maximum absolute atomic E-state index is 5.19. The SMILES string of the molecule is C=CC(CCC1CO1)c1ccncc1. The summed E-state index contributed by atoms with van der Waals surface area (Å²) in [5.74, 6) is 0.446. The lowest BCUT2D eigenvalue weighted by molar-refractivity contribution is 0.388. The molecule has 0 aliphatic carbocycles. The first-order valence-electron chi connectivity index (χ1n) is 5.04. The largest absolute Gasteiger partial charge is 0.373 e. The van der Waals surface area contributed by atoms with Crippen molar-refractivity contribution in [2.45, 2.75) is 24.9 Å². The zero-order valence-corrected chi connectivity index (χ0v) is 8.23. The molecule has 1 aliphatic heterocycles. The number of nitrogens with zero attached hydrogens (tertiary/aromatic N) is 1. The van der Waals surface area contributed by atoms with Crippen molar-refractivity contribution < 1.29 is 4.74 Å². The number of hydrogen-bond acceptors (Lipinski definition) is 2. The predicted molar refractivity (Wildman–Crippen MR) is 56.1 cm³/mol. The van der Waals surface area contributed by atoms with E-state index in [1.54, 1.807) is 0 Å². The van der Waals surface area contributed by atoms with E-state index >= 15 is 0 Å². The fourth-order valence-corrected chi connectivity index (χ4v) is 1.63. The molecule has 0 N–H and O–H groups in total. The molecule has 0 saturated carbocycles. The van der Waals surface area contributed by atoms with Gasteiger partial charge in [-0.25, -0.2) is 0 Å². The van der Waals surface area contributed by atoms with Crippen molar-refractivity contribution in [2.24, 2.45) is 0 Å². The third-order valence-corrected chi connectivity index (χ3v) is 2.62. The van der Waals surface area contributed by atoms with Gasteiger partial charge in [0.05, 0.1) is 12.7 Å². The van der Waals surface area contributed by atoms with E-state index in [4.69, 9.17) is 4.74 Å². The smallest absolute Gasteiger partial charge is 0.0810 e. The molecule has 0 bridgehead atoms.